The average molecular weight is 227 g/mol. The Kier molecular flexibility index (Phi) is 3.97. The standard InChI is InChI=1S/C7H15ClN2O2S/c8-10-5-6-1-3-7(4-2-6)13(9,11)12/h6-7,10H,1-5H2,(H2,9,11,12)/t6-,7-. The minimum Gasteiger partial charge on any atom is -0.233 e. The first-order valence-electron chi connectivity index (χ1n) is 4.39. The number of halogens is 1. The fraction of sp³-hybridized carbons (Fsp3) is 1.00. The van der Waals surface area contributed by atoms with Gasteiger partial charge in [-0.3, -0.25) is 0 Å². The number of nitrogens with one attached hydrogen (secondary N) is 1. The molecular formula is C7H15ClN2O2S. The molecule has 1 aliphatic rings. The second kappa shape index (κ2) is 4.59. The van der Waals surface area contributed by atoms with Crippen LogP contribution in [0.15, 0.2) is 0 Å². The zero-order chi connectivity index (χ0) is 9.90. The van der Waals surface area contributed by atoms with Crippen molar-refractivity contribution in [2.45, 2.75) is 30.9 Å². The predicted octanol–water partition coefficient (Wildman–Crippen LogP) is 0.577. The lowest BCUT2D eigenvalue weighted by atomic mass is 9.89. The van der Waals surface area contributed by atoms with Gasteiger partial charge < -0.3 is 0 Å². The molecule has 0 aromatic rings. The third-order valence-electron chi connectivity index (χ3n) is 2.62. The van der Waals surface area contributed by atoms with Gasteiger partial charge in [-0.05, 0) is 43.4 Å². The average Bonchev–Trinajstić information content (AvgIpc) is 2.04. The Morgan fingerprint density at radius 3 is 2.23 bits per heavy atom. The van der Waals surface area contributed by atoms with Crippen LogP contribution in [0.25, 0.3) is 0 Å². The predicted molar refractivity (Wildman–Crippen MR) is 52.7 cm³/mol. The summed E-state index contributed by atoms with van der Waals surface area (Å²) in [4.78, 5) is 2.58. The van der Waals surface area contributed by atoms with E-state index in [-0.39, 0.29) is 5.25 Å². The van der Waals surface area contributed by atoms with Gasteiger partial charge in [0.25, 0.3) is 0 Å². The summed E-state index contributed by atoms with van der Waals surface area (Å²) >= 11 is 5.37. The van der Waals surface area contributed by atoms with Crippen molar-refractivity contribution in [3.8, 4) is 0 Å². The van der Waals surface area contributed by atoms with E-state index in [2.05, 4.69) is 4.84 Å². The Hall–Kier alpha value is 0.160. The quantitative estimate of drug-likeness (QED) is 0.692. The molecule has 0 atom stereocenters. The molecule has 0 radical (unpaired) electrons. The summed E-state index contributed by atoms with van der Waals surface area (Å²) in [5, 5.41) is 4.73. The summed E-state index contributed by atoms with van der Waals surface area (Å²) in [5.41, 5.74) is 0. The molecule has 0 aromatic carbocycles. The topological polar surface area (TPSA) is 72.2 Å². The van der Waals surface area contributed by atoms with E-state index in [0.717, 1.165) is 19.4 Å². The van der Waals surface area contributed by atoms with Gasteiger partial charge in [-0.2, -0.15) is 0 Å². The molecule has 4 nitrogen and oxygen atoms in total. The molecule has 0 heterocycles. The third-order valence-corrected chi connectivity index (χ3v) is 4.18. The lowest BCUT2D eigenvalue weighted by molar-refractivity contribution is 0.358. The zero-order valence-corrected chi connectivity index (χ0v) is 8.94. The van der Waals surface area contributed by atoms with E-state index in [9.17, 15) is 8.42 Å². The van der Waals surface area contributed by atoms with Crippen molar-refractivity contribution in [2.24, 2.45) is 11.1 Å². The Morgan fingerprint density at radius 2 is 1.85 bits per heavy atom. The molecular weight excluding hydrogens is 212 g/mol. The van der Waals surface area contributed by atoms with Crippen LogP contribution in [-0.4, -0.2) is 20.2 Å². The Morgan fingerprint density at radius 1 is 1.31 bits per heavy atom. The number of hydrogen-bond acceptors (Lipinski definition) is 3. The minimum atomic E-state index is -3.32. The highest BCUT2D eigenvalue weighted by atomic mass is 35.5. The largest absolute Gasteiger partial charge is 0.233 e. The number of hydrogen-bond donors (Lipinski definition) is 2. The molecule has 3 N–H and O–H groups in total. The second-order valence-corrected chi connectivity index (χ2v) is 5.68. The summed E-state index contributed by atoms with van der Waals surface area (Å²) in [6, 6.07) is 0. The molecule has 1 saturated carbocycles. The van der Waals surface area contributed by atoms with Crippen molar-refractivity contribution in [3.63, 3.8) is 0 Å². The highest BCUT2D eigenvalue weighted by molar-refractivity contribution is 7.89. The number of rotatable bonds is 3. The molecule has 13 heavy (non-hydrogen) atoms. The maximum Gasteiger partial charge on any atom is 0.211 e. The van der Waals surface area contributed by atoms with E-state index in [4.69, 9.17) is 16.9 Å². The molecule has 0 aromatic heterocycles. The number of primary sulfonamides is 1. The lowest BCUT2D eigenvalue weighted by Gasteiger charge is -2.26. The van der Waals surface area contributed by atoms with Gasteiger partial charge in [0.15, 0.2) is 0 Å². The van der Waals surface area contributed by atoms with Gasteiger partial charge >= 0.3 is 0 Å². The van der Waals surface area contributed by atoms with Gasteiger partial charge in [0.2, 0.25) is 10.0 Å². The van der Waals surface area contributed by atoms with Crippen molar-refractivity contribution in [1.82, 2.24) is 4.84 Å². The van der Waals surface area contributed by atoms with Gasteiger partial charge in [-0.25, -0.2) is 18.4 Å². The van der Waals surface area contributed by atoms with Crippen LogP contribution in [0.2, 0.25) is 0 Å². The zero-order valence-electron chi connectivity index (χ0n) is 7.37. The van der Waals surface area contributed by atoms with E-state index in [1.165, 1.54) is 0 Å². The van der Waals surface area contributed by atoms with Crippen LogP contribution in [0.5, 0.6) is 0 Å². The minimum absolute atomic E-state index is 0.334. The van der Waals surface area contributed by atoms with Crippen LogP contribution in [-0.2, 0) is 10.0 Å². The summed E-state index contributed by atoms with van der Waals surface area (Å²) in [5.74, 6) is 0.496. The normalized spacial score (nSPS) is 30.3. The van der Waals surface area contributed by atoms with Crippen LogP contribution >= 0.6 is 11.8 Å². The summed E-state index contributed by atoms with van der Waals surface area (Å²) in [6.45, 7) is 0.749. The van der Waals surface area contributed by atoms with E-state index in [1.807, 2.05) is 0 Å². The van der Waals surface area contributed by atoms with Gasteiger partial charge in [0.1, 0.15) is 0 Å². The smallest absolute Gasteiger partial charge is 0.211 e. The van der Waals surface area contributed by atoms with Gasteiger partial charge in [-0.15, -0.1) is 0 Å². The first-order chi connectivity index (χ1) is 6.04. The van der Waals surface area contributed by atoms with Gasteiger partial charge in [0, 0.05) is 6.54 Å². The van der Waals surface area contributed by atoms with E-state index < -0.39 is 10.0 Å². The summed E-state index contributed by atoms with van der Waals surface area (Å²) in [6.07, 6.45) is 3.12. The van der Waals surface area contributed by atoms with Crippen molar-refractivity contribution in [3.05, 3.63) is 0 Å². The van der Waals surface area contributed by atoms with E-state index >= 15 is 0 Å². The molecule has 0 saturated heterocycles. The summed E-state index contributed by atoms with van der Waals surface area (Å²) < 4.78 is 22.0. The molecule has 1 fully saturated rings. The fourth-order valence-electron chi connectivity index (χ4n) is 1.77. The van der Waals surface area contributed by atoms with E-state index in [0.29, 0.717) is 18.8 Å². The molecule has 1 rings (SSSR count). The Labute approximate surface area is 84.0 Å². The van der Waals surface area contributed by atoms with Crippen LogP contribution in [0, 0.1) is 5.92 Å². The highest BCUT2D eigenvalue weighted by Crippen LogP contribution is 2.26. The monoisotopic (exact) mass is 226 g/mol. The first-order valence-corrected chi connectivity index (χ1v) is 6.38. The molecule has 0 aliphatic heterocycles. The van der Waals surface area contributed by atoms with Gasteiger partial charge in [-0.1, -0.05) is 0 Å². The van der Waals surface area contributed by atoms with Crippen molar-refractivity contribution < 1.29 is 8.42 Å². The first kappa shape index (κ1) is 11.2. The van der Waals surface area contributed by atoms with Crippen LogP contribution in [0.1, 0.15) is 25.7 Å². The lowest BCUT2D eigenvalue weighted by Crippen LogP contribution is -2.33. The van der Waals surface area contributed by atoms with Crippen LogP contribution in [0.4, 0.5) is 0 Å². The molecule has 1 aliphatic carbocycles. The summed E-state index contributed by atoms with van der Waals surface area (Å²) in [7, 11) is -3.32. The maximum atomic E-state index is 11.0. The van der Waals surface area contributed by atoms with Crippen molar-refractivity contribution in [1.29, 1.82) is 0 Å². The highest BCUT2D eigenvalue weighted by Gasteiger charge is 2.27. The van der Waals surface area contributed by atoms with E-state index in [1.54, 1.807) is 0 Å². The van der Waals surface area contributed by atoms with Crippen LogP contribution in [0.3, 0.4) is 0 Å². The Balaban J connectivity index is 2.39. The molecule has 78 valence electrons. The fourth-order valence-corrected chi connectivity index (χ4v) is 2.92. The molecule has 6 heteroatoms. The molecule has 0 amide bonds. The number of sulfonamides is 1. The van der Waals surface area contributed by atoms with Crippen molar-refractivity contribution >= 4 is 21.8 Å². The number of nitrogens with two attached hydrogens (primary N) is 1. The third kappa shape index (κ3) is 3.42. The Bertz CT molecular complexity index is 247. The molecule has 0 spiro atoms. The van der Waals surface area contributed by atoms with Crippen LogP contribution < -0.4 is 9.97 Å². The SMILES string of the molecule is NS(=O)(=O)[C@H]1CC[C@H](CNCl)CC1. The maximum absolute atomic E-state index is 11.0. The van der Waals surface area contributed by atoms with Crippen molar-refractivity contribution in [2.75, 3.05) is 6.54 Å². The molecule has 0 unspecified atom stereocenters. The van der Waals surface area contributed by atoms with Gasteiger partial charge in [0.05, 0.1) is 5.25 Å². The second-order valence-electron chi connectivity index (χ2n) is 3.57. The molecule has 0 bridgehead atoms.